The molecule has 6 N–H and O–H groups in total. The molecule has 0 aliphatic carbocycles. The zero-order valence-electron chi connectivity index (χ0n) is 35.1. The Balaban J connectivity index is 0.00000291. The first-order valence-electron chi connectivity index (χ1n) is 19.9. The number of allylic oxidation sites excluding steroid dienone is 7. The van der Waals surface area contributed by atoms with Gasteiger partial charge in [0.05, 0.1) is 21.9 Å². The summed E-state index contributed by atoms with van der Waals surface area (Å²) in [5.74, 6) is -1.37. The number of carboxylic acids is 1. The lowest BCUT2D eigenvalue weighted by Crippen LogP contribution is -2.21. The number of rotatable bonds is 18. The highest BCUT2D eigenvalue weighted by molar-refractivity contribution is 7.85. The third-order valence-corrected chi connectivity index (χ3v) is 9.50. The van der Waals surface area contributed by atoms with Crippen molar-refractivity contribution in [1.82, 2.24) is 0 Å². The van der Waals surface area contributed by atoms with Crippen molar-refractivity contribution in [3.8, 4) is 0 Å². The first kappa shape index (κ1) is 49.0. The molecule has 0 saturated heterocycles. The number of anilines is 2. The Bertz CT molecular complexity index is 2240. The molecule has 0 heterocycles. The van der Waals surface area contributed by atoms with Gasteiger partial charge in [0.25, 0.3) is 16.0 Å². The maximum Gasteiger partial charge on any atom is 0.303 e. The van der Waals surface area contributed by atoms with Crippen molar-refractivity contribution in [2.75, 3.05) is 10.6 Å². The summed E-state index contributed by atoms with van der Waals surface area (Å²) in [6, 6.07) is 27.7. The standard InChI is InChI=1S/C44H46N4O6S.2C2H6/c1-4-9-40(47-35-25-27-37(28-26-35)55(52,53)54)38(42(45)33-19-12-30(3)13-20-33)10-7-6-8-11-39(44(51)48-36-23-16-31(5-2)17-24-36)43(46)34-21-14-32(15-22-34)18-29-41(49)50;2*1-2/h6-8,10-17,19-28,45-47H,4-5,9,18,29H2,1-3H3,(H,48,51)(H,49,50)(H,52,53,54);2*1-2H3/b8-6+,10-7+,39-11-,40-38-,45-42?,46-43?;;. The zero-order valence-corrected chi connectivity index (χ0v) is 35.9. The molecule has 0 spiro atoms. The Morgan fingerprint density at radius 2 is 1.20 bits per heavy atom. The molecule has 0 radical (unpaired) electrons. The lowest BCUT2D eigenvalue weighted by atomic mass is 9.97. The highest BCUT2D eigenvalue weighted by Gasteiger charge is 2.17. The van der Waals surface area contributed by atoms with E-state index in [-0.39, 0.29) is 28.3 Å². The van der Waals surface area contributed by atoms with E-state index in [1.807, 2.05) is 97.0 Å². The van der Waals surface area contributed by atoms with Gasteiger partial charge in [-0.25, -0.2) is 0 Å². The second-order valence-corrected chi connectivity index (χ2v) is 14.2. The number of aryl methyl sites for hydroxylation is 3. The molecule has 0 saturated carbocycles. The number of carbonyl (C=O) groups is 2. The van der Waals surface area contributed by atoms with E-state index in [9.17, 15) is 28.0 Å². The monoisotopic (exact) mass is 818 g/mol. The molecule has 0 aliphatic heterocycles. The number of amides is 1. The second-order valence-electron chi connectivity index (χ2n) is 12.8. The molecule has 59 heavy (non-hydrogen) atoms. The average Bonchev–Trinajstić information content (AvgIpc) is 3.24. The zero-order chi connectivity index (χ0) is 44.0. The molecular formula is C48H58N4O6S. The largest absolute Gasteiger partial charge is 0.481 e. The molecule has 4 aromatic rings. The van der Waals surface area contributed by atoms with Gasteiger partial charge in [-0.1, -0.05) is 138 Å². The number of carboxylic acid groups (broad SMARTS) is 1. The van der Waals surface area contributed by atoms with E-state index in [2.05, 4.69) is 10.6 Å². The quantitative estimate of drug-likeness (QED) is 0.0250. The van der Waals surface area contributed by atoms with Gasteiger partial charge in [0.15, 0.2) is 0 Å². The van der Waals surface area contributed by atoms with Crippen molar-refractivity contribution in [3.05, 3.63) is 172 Å². The summed E-state index contributed by atoms with van der Waals surface area (Å²) >= 11 is 0. The Morgan fingerprint density at radius 3 is 1.75 bits per heavy atom. The van der Waals surface area contributed by atoms with Crippen LogP contribution in [0.5, 0.6) is 0 Å². The molecule has 0 fully saturated rings. The summed E-state index contributed by atoms with van der Waals surface area (Å²) in [6.45, 7) is 14.0. The van der Waals surface area contributed by atoms with Gasteiger partial charge in [0, 0.05) is 40.2 Å². The van der Waals surface area contributed by atoms with Crippen molar-refractivity contribution < 1.29 is 27.7 Å². The number of hydrogen-bond donors (Lipinski definition) is 6. The number of hydrogen-bond acceptors (Lipinski definition) is 7. The number of aliphatic carboxylic acids is 1. The summed E-state index contributed by atoms with van der Waals surface area (Å²) in [6.07, 6.45) is 10.9. The summed E-state index contributed by atoms with van der Waals surface area (Å²) in [5, 5.41) is 33.5. The van der Waals surface area contributed by atoms with Crippen LogP contribution in [0.3, 0.4) is 0 Å². The first-order chi connectivity index (χ1) is 28.3. The van der Waals surface area contributed by atoms with E-state index in [0.717, 1.165) is 35.2 Å². The third kappa shape index (κ3) is 15.9. The van der Waals surface area contributed by atoms with Gasteiger partial charge in [-0.15, -0.1) is 0 Å². The van der Waals surface area contributed by atoms with E-state index in [4.69, 9.17) is 10.5 Å². The Morgan fingerprint density at radius 1 is 0.678 bits per heavy atom. The summed E-state index contributed by atoms with van der Waals surface area (Å²) in [7, 11) is -4.36. The molecule has 312 valence electrons. The molecule has 0 aromatic heterocycles. The van der Waals surface area contributed by atoms with E-state index < -0.39 is 22.0 Å². The topological polar surface area (TPSA) is 180 Å². The third-order valence-electron chi connectivity index (χ3n) is 8.63. The van der Waals surface area contributed by atoms with Crippen LogP contribution in [-0.4, -0.2) is 41.4 Å². The normalized spacial score (nSPS) is 11.8. The number of carbonyl (C=O) groups excluding carboxylic acids is 1. The van der Waals surface area contributed by atoms with Crippen LogP contribution in [0.1, 0.15) is 88.6 Å². The van der Waals surface area contributed by atoms with E-state index >= 15 is 0 Å². The average molecular weight is 819 g/mol. The van der Waals surface area contributed by atoms with Crippen LogP contribution in [-0.2, 0) is 32.5 Å². The SMILES string of the molecule is CC.CC.CCC\C(Nc1ccc(S(=O)(=O)O)cc1)=C(/C=C/C=C/C=C(/C(=N)c1ccc(CCC(=O)O)cc1)C(=O)Nc1ccc(CC)cc1)C(=N)c1ccc(C)cc1. The van der Waals surface area contributed by atoms with Crippen molar-refractivity contribution in [1.29, 1.82) is 10.8 Å². The minimum atomic E-state index is -4.36. The molecule has 0 aliphatic rings. The van der Waals surface area contributed by atoms with Crippen molar-refractivity contribution in [2.45, 2.75) is 85.5 Å². The van der Waals surface area contributed by atoms with Gasteiger partial charge in [-0.05, 0) is 79.8 Å². The van der Waals surface area contributed by atoms with E-state index in [1.165, 1.54) is 12.1 Å². The van der Waals surface area contributed by atoms with Crippen LogP contribution >= 0.6 is 0 Å². The van der Waals surface area contributed by atoms with Gasteiger partial charge in [0.2, 0.25) is 0 Å². The molecule has 0 unspecified atom stereocenters. The highest BCUT2D eigenvalue weighted by atomic mass is 32.2. The second kappa shape index (κ2) is 25.2. The minimum Gasteiger partial charge on any atom is -0.481 e. The number of nitrogens with one attached hydrogen (secondary N) is 4. The molecule has 0 bridgehead atoms. The lowest BCUT2D eigenvalue weighted by Gasteiger charge is -2.17. The molecule has 10 nitrogen and oxygen atoms in total. The number of benzene rings is 4. The fourth-order valence-electron chi connectivity index (χ4n) is 5.52. The lowest BCUT2D eigenvalue weighted by molar-refractivity contribution is -0.137. The van der Waals surface area contributed by atoms with E-state index in [1.54, 1.807) is 66.8 Å². The fourth-order valence-corrected chi connectivity index (χ4v) is 6.00. The van der Waals surface area contributed by atoms with Gasteiger partial charge >= 0.3 is 5.97 Å². The minimum absolute atomic E-state index is 0.0129. The Hall–Kier alpha value is -6.17. The van der Waals surface area contributed by atoms with Crippen molar-refractivity contribution >= 4 is 44.8 Å². The maximum absolute atomic E-state index is 13.7. The van der Waals surface area contributed by atoms with Crippen LogP contribution < -0.4 is 10.6 Å². The Kier molecular flexibility index (Phi) is 21.0. The van der Waals surface area contributed by atoms with E-state index in [0.29, 0.717) is 40.9 Å². The summed E-state index contributed by atoms with van der Waals surface area (Å²) in [5.41, 5.74) is 6.97. The van der Waals surface area contributed by atoms with Crippen LogP contribution in [0.2, 0.25) is 0 Å². The molecule has 4 rings (SSSR count). The Labute approximate surface area is 350 Å². The summed E-state index contributed by atoms with van der Waals surface area (Å²) < 4.78 is 32.6. The van der Waals surface area contributed by atoms with Crippen LogP contribution in [0.4, 0.5) is 11.4 Å². The molecule has 4 aromatic carbocycles. The molecular weight excluding hydrogens is 761 g/mol. The van der Waals surface area contributed by atoms with Gasteiger partial charge in [-0.3, -0.25) is 25.0 Å². The highest BCUT2D eigenvalue weighted by Crippen LogP contribution is 2.23. The van der Waals surface area contributed by atoms with Crippen LogP contribution in [0.15, 0.2) is 149 Å². The smallest absolute Gasteiger partial charge is 0.303 e. The predicted octanol–water partition coefficient (Wildman–Crippen LogP) is 11.2. The first-order valence-corrected chi connectivity index (χ1v) is 21.3. The van der Waals surface area contributed by atoms with Crippen molar-refractivity contribution in [2.24, 2.45) is 0 Å². The fraction of sp³-hybridized carbons (Fsp3) is 0.250. The predicted molar refractivity (Wildman–Crippen MR) is 243 cm³/mol. The van der Waals surface area contributed by atoms with Crippen LogP contribution in [0.25, 0.3) is 0 Å². The molecule has 11 heteroatoms. The van der Waals surface area contributed by atoms with Gasteiger partial charge < -0.3 is 15.7 Å². The summed E-state index contributed by atoms with van der Waals surface area (Å²) in [4.78, 5) is 24.5. The van der Waals surface area contributed by atoms with Gasteiger partial charge in [-0.2, -0.15) is 8.42 Å². The van der Waals surface area contributed by atoms with Gasteiger partial charge in [0.1, 0.15) is 0 Å². The van der Waals surface area contributed by atoms with Crippen LogP contribution in [0, 0.1) is 17.7 Å². The molecule has 0 atom stereocenters. The molecule has 1 amide bonds. The maximum atomic E-state index is 13.7. The van der Waals surface area contributed by atoms with Crippen molar-refractivity contribution in [3.63, 3.8) is 0 Å².